The van der Waals surface area contributed by atoms with Gasteiger partial charge in [-0.15, -0.1) is 0 Å². The molecule has 2 aromatic rings. The highest BCUT2D eigenvalue weighted by atomic mass is 79.9. The number of anilines is 1. The third kappa shape index (κ3) is 5.00. The number of alkyl halides is 1. The van der Waals surface area contributed by atoms with Crippen molar-refractivity contribution in [3.05, 3.63) is 70.8 Å². The number of halogens is 2. The van der Waals surface area contributed by atoms with Crippen LogP contribution in [-0.2, 0) is 0 Å². The first-order chi connectivity index (χ1) is 10.7. The summed E-state index contributed by atoms with van der Waals surface area (Å²) < 4.78 is 18.1. The molecule has 2 aromatic carbocycles. The van der Waals surface area contributed by atoms with Gasteiger partial charge in [0, 0.05) is 28.0 Å². The molecule has 0 saturated carbocycles. The maximum absolute atomic E-state index is 12.0. The molecular formula is C17H15BrFNO2. The molecular weight excluding hydrogens is 349 g/mol. The fourth-order valence-corrected chi connectivity index (χ4v) is 1.99. The minimum atomic E-state index is -0.513. The van der Waals surface area contributed by atoms with E-state index in [0.717, 1.165) is 10.2 Å². The summed E-state index contributed by atoms with van der Waals surface area (Å²) in [5.41, 5.74) is 1.43. The van der Waals surface area contributed by atoms with Crippen molar-refractivity contribution < 1.29 is 13.9 Å². The topological polar surface area (TPSA) is 38.3 Å². The third-order valence-corrected chi connectivity index (χ3v) is 3.34. The van der Waals surface area contributed by atoms with Crippen molar-refractivity contribution >= 4 is 27.4 Å². The number of carbonyl (C=O) groups excluding carboxylic acids is 1. The second kappa shape index (κ2) is 8.34. The van der Waals surface area contributed by atoms with E-state index in [1.54, 1.807) is 42.6 Å². The SMILES string of the molecule is O=C(/C=C/Nc1ccc(OCCF)cc1)c1ccc(Br)cc1. The van der Waals surface area contributed by atoms with Gasteiger partial charge in [-0.25, -0.2) is 4.39 Å². The van der Waals surface area contributed by atoms with Gasteiger partial charge in [-0.2, -0.15) is 0 Å². The summed E-state index contributed by atoms with van der Waals surface area (Å²) in [6.45, 7) is -0.463. The van der Waals surface area contributed by atoms with Crippen LogP contribution in [0.25, 0.3) is 0 Å². The number of ketones is 1. The number of carbonyl (C=O) groups is 1. The van der Waals surface area contributed by atoms with E-state index in [9.17, 15) is 9.18 Å². The van der Waals surface area contributed by atoms with Crippen molar-refractivity contribution in [2.24, 2.45) is 0 Å². The number of allylic oxidation sites excluding steroid dienone is 1. The first-order valence-electron chi connectivity index (χ1n) is 6.71. The van der Waals surface area contributed by atoms with Crippen molar-refractivity contribution in [2.45, 2.75) is 0 Å². The van der Waals surface area contributed by atoms with Crippen LogP contribution in [0.15, 0.2) is 65.3 Å². The largest absolute Gasteiger partial charge is 0.491 e. The Kier molecular flexibility index (Phi) is 6.15. The molecule has 1 N–H and O–H groups in total. The summed E-state index contributed by atoms with van der Waals surface area (Å²) >= 11 is 3.33. The van der Waals surface area contributed by atoms with Gasteiger partial charge in [0.2, 0.25) is 0 Å². The molecule has 0 amide bonds. The highest BCUT2D eigenvalue weighted by Gasteiger charge is 2.00. The van der Waals surface area contributed by atoms with E-state index in [1.165, 1.54) is 6.08 Å². The predicted octanol–water partition coefficient (Wildman–Crippen LogP) is 4.61. The molecule has 5 heteroatoms. The highest BCUT2D eigenvalue weighted by Crippen LogP contribution is 2.16. The maximum Gasteiger partial charge on any atom is 0.187 e. The molecule has 0 fully saturated rings. The molecule has 3 nitrogen and oxygen atoms in total. The first kappa shape index (κ1) is 16.2. The Hall–Kier alpha value is -2.14. The Morgan fingerprint density at radius 2 is 1.82 bits per heavy atom. The van der Waals surface area contributed by atoms with E-state index in [1.807, 2.05) is 12.1 Å². The summed E-state index contributed by atoms with van der Waals surface area (Å²) in [7, 11) is 0. The molecule has 0 atom stereocenters. The predicted molar refractivity (Wildman–Crippen MR) is 89.1 cm³/mol. The van der Waals surface area contributed by atoms with Crippen molar-refractivity contribution in [1.82, 2.24) is 0 Å². The number of hydrogen-bond donors (Lipinski definition) is 1. The third-order valence-electron chi connectivity index (χ3n) is 2.81. The molecule has 0 heterocycles. The van der Waals surface area contributed by atoms with Crippen LogP contribution in [-0.4, -0.2) is 19.1 Å². The van der Waals surface area contributed by atoms with Gasteiger partial charge in [0.1, 0.15) is 19.0 Å². The van der Waals surface area contributed by atoms with Crippen molar-refractivity contribution in [2.75, 3.05) is 18.6 Å². The maximum atomic E-state index is 12.0. The molecule has 0 aliphatic heterocycles. The van der Waals surface area contributed by atoms with Gasteiger partial charge in [0.15, 0.2) is 5.78 Å². The molecule has 22 heavy (non-hydrogen) atoms. The number of rotatable bonds is 7. The van der Waals surface area contributed by atoms with Crippen molar-refractivity contribution in [1.29, 1.82) is 0 Å². The fourth-order valence-electron chi connectivity index (χ4n) is 1.73. The van der Waals surface area contributed by atoms with E-state index >= 15 is 0 Å². The minimum Gasteiger partial charge on any atom is -0.491 e. The van der Waals surface area contributed by atoms with E-state index in [4.69, 9.17) is 4.74 Å². The molecule has 0 saturated heterocycles. The minimum absolute atomic E-state index is 0.0500. The smallest absolute Gasteiger partial charge is 0.187 e. The molecule has 0 aromatic heterocycles. The van der Waals surface area contributed by atoms with Gasteiger partial charge in [0.05, 0.1) is 0 Å². The van der Waals surface area contributed by atoms with Gasteiger partial charge < -0.3 is 10.1 Å². The zero-order chi connectivity index (χ0) is 15.8. The summed E-state index contributed by atoms with van der Waals surface area (Å²) in [6.07, 6.45) is 3.05. The van der Waals surface area contributed by atoms with Gasteiger partial charge in [-0.3, -0.25) is 4.79 Å². The second-order valence-electron chi connectivity index (χ2n) is 4.41. The highest BCUT2D eigenvalue weighted by molar-refractivity contribution is 9.10. The second-order valence-corrected chi connectivity index (χ2v) is 5.33. The Morgan fingerprint density at radius 1 is 1.14 bits per heavy atom. The number of hydrogen-bond acceptors (Lipinski definition) is 3. The van der Waals surface area contributed by atoms with Crippen LogP contribution in [0.3, 0.4) is 0 Å². The van der Waals surface area contributed by atoms with Crippen molar-refractivity contribution in [3.8, 4) is 5.75 Å². The summed E-state index contributed by atoms with van der Waals surface area (Å²) in [6, 6.07) is 14.2. The van der Waals surface area contributed by atoms with Crippen LogP contribution < -0.4 is 10.1 Å². The Morgan fingerprint density at radius 3 is 2.45 bits per heavy atom. The molecule has 0 spiro atoms. The summed E-state index contributed by atoms with van der Waals surface area (Å²) in [4.78, 5) is 11.9. The number of ether oxygens (including phenoxy) is 1. The van der Waals surface area contributed by atoms with E-state index < -0.39 is 6.67 Å². The molecule has 0 unspecified atom stereocenters. The lowest BCUT2D eigenvalue weighted by atomic mass is 10.1. The Labute approximate surface area is 136 Å². The zero-order valence-corrected chi connectivity index (χ0v) is 13.3. The van der Waals surface area contributed by atoms with E-state index in [0.29, 0.717) is 11.3 Å². The van der Waals surface area contributed by atoms with Gasteiger partial charge >= 0.3 is 0 Å². The average Bonchev–Trinajstić information content (AvgIpc) is 2.54. The zero-order valence-electron chi connectivity index (χ0n) is 11.8. The monoisotopic (exact) mass is 363 g/mol. The van der Waals surface area contributed by atoms with E-state index in [-0.39, 0.29) is 12.4 Å². The van der Waals surface area contributed by atoms with E-state index in [2.05, 4.69) is 21.2 Å². The van der Waals surface area contributed by atoms with Gasteiger partial charge in [-0.1, -0.05) is 15.9 Å². The quantitative estimate of drug-likeness (QED) is 0.576. The molecule has 114 valence electrons. The van der Waals surface area contributed by atoms with Gasteiger partial charge in [0.25, 0.3) is 0 Å². The fraction of sp³-hybridized carbons (Fsp3) is 0.118. The lowest BCUT2D eigenvalue weighted by Crippen LogP contribution is -1.98. The molecule has 0 aliphatic carbocycles. The Bertz CT molecular complexity index is 639. The van der Waals surface area contributed by atoms with Crippen LogP contribution >= 0.6 is 15.9 Å². The lowest BCUT2D eigenvalue weighted by molar-refractivity contribution is 0.104. The van der Waals surface area contributed by atoms with Gasteiger partial charge in [-0.05, 0) is 48.5 Å². The van der Waals surface area contributed by atoms with Crippen LogP contribution in [0.2, 0.25) is 0 Å². The average molecular weight is 364 g/mol. The van der Waals surface area contributed by atoms with Crippen molar-refractivity contribution in [3.63, 3.8) is 0 Å². The molecule has 2 rings (SSSR count). The van der Waals surface area contributed by atoms with Crippen LogP contribution in [0.1, 0.15) is 10.4 Å². The summed E-state index contributed by atoms with van der Waals surface area (Å²) in [5, 5.41) is 3.00. The molecule has 0 bridgehead atoms. The van der Waals surface area contributed by atoms with Crippen LogP contribution in [0, 0.1) is 0 Å². The standard InChI is InChI=1S/C17H15BrFNO2/c18-14-3-1-13(2-4-14)17(21)9-11-20-15-5-7-16(8-6-15)22-12-10-19/h1-9,11,20H,10,12H2/b11-9+. The van der Waals surface area contributed by atoms with Crippen LogP contribution in [0.4, 0.5) is 10.1 Å². The normalized spacial score (nSPS) is 10.6. The number of nitrogens with one attached hydrogen (secondary N) is 1. The molecule has 0 aliphatic rings. The Balaban J connectivity index is 1.88. The lowest BCUT2D eigenvalue weighted by Gasteiger charge is -2.05. The van der Waals surface area contributed by atoms with Crippen LogP contribution in [0.5, 0.6) is 5.75 Å². The number of benzene rings is 2. The first-order valence-corrected chi connectivity index (χ1v) is 7.50. The molecule has 0 radical (unpaired) electrons. The summed E-state index contributed by atoms with van der Waals surface area (Å²) in [5.74, 6) is 0.529.